The highest BCUT2D eigenvalue weighted by atomic mass is 32.1. The van der Waals surface area contributed by atoms with Gasteiger partial charge in [0.15, 0.2) is 5.11 Å². The molecule has 2 N–H and O–H groups in total. The second kappa shape index (κ2) is 16.0. The van der Waals surface area contributed by atoms with E-state index in [1.807, 2.05) is 34.9 Å². The SMILES string of the molecule is CC[C@H](C)[C@@H](CN(CCc1cccs1)C(=S)Nc1ccc(OC)cc1)NC(=O)Cc1cncn1Cc1ccc([N+](=O)[O-])cc1. The molecule has 4 rings (SSSR count). The van der Waals surface area contributed by atoms with Crippen molar-refractivity contribution >= 4 is 45.9 Å². The van der Waals surface area contributed by atoms with E-state index in [0.29, 0.717) is 24.7 Å². The summed E-state index contributed by atoms with van der Waals surface area (Å²) in [5.74, 6) is 0.870. The van der Waals surface area contributed by atoms with Crippen molar-refractivity contribution < 1.29 is 14.5 Å². The number of carbonyl (C=O) groups is 1. The van der Waals surface area contributed by atoms with Crippen molar-refractivity contribution in [2.75, 3.05) is 25.5 Å². The number of carbonyl (C=O) groups excluding carboxylic acids is 1. The van der Waals surface area contributed by atoms with E-state index in [1.165, 1.54) is 17.0 Å². The Balaban J connectivity index is 1.44. The van der Waals surface area contributed by atoms with Crippen LogP contribution in [-0.2, 0) is 24.2 Å². The van der Waals surface area contributed by atoms with Crippen molar-refractivity contribution in [1.29, 1.82) is 0 Å². The van der Waals surface area contributed by atoms with Crippen molar-refractivity contribution in [3.05, 3.63) is 105 Å². The zero-order valence-electron chi connectivity index (χ0n) is 25.1. The van der Waals surface area contributed by atoms with Gasteiger partial charge in [-0.3, -0.25) is 14.9 Å². The molecule has 0 aliphatic carbocycles. The Labute approximate surface area is 267 Å². The van der Waals surface area contributed by atoms with Gasteiger partial charge in [0.2, 0.25) is 5.91 Å². The minimum Gasteiger partial charge on any atom is -0.497 e. The normalized spacial score (nSPS) is 12.2. The maximum atomic E-state index is 13.4. The van der Waals surface area contributed by atoms with E-state index < -0.39 is 4.92 Å². The lowest BCUT2D eigenvalue weighted by Crippen LogP contribution is -2.50. The summed E-state index contributed by atoms with van der Waals surface area (Å²) in [6.45, 7) is 5.97. The number of hydrogen-bond donors (Lipinski definition) is 2. The number of rotatable bonds is 15. The van der Waals surface area contributed by atoms with Crippen LogP contribution in [0.25, 0.3) is 0 Å². The average Bonchev–Trinajstić information content (AvgIpc) is 3.71. The number of nitro groups is 1. The summed E-state index contributed by atoms with van der Waals surface area (Å²) < 4.78 is 7.17. The van der Waals surface area contributed by atoms with Gasteiger partial charge in [-0.05, 0) is 65.8 Å². The highest BCUT2D eigenvalue weighted by Gasteiger charge is 2.24. The molecule has 12 heteroatoms. The number of hydrogen-bond acceptors (Lipinski definition) is 7. The van der Waals surface area contributed by atoms with Gasteiger partial charge in [0, 0.05) is 60.3 Å². The first-order valence-corrected chi connectivity index (χ1v) is 15.8. The Hall–Kier alpha value is -4.29. The molecule has 0 saturated heterocycles. The molecule has 4 aromatic rings. The molecule has 2 heterocycles. The fraction of sp³-hybridized carbons (Fsp3) is 0.344. The molecule has 0 radical (unpaired) electrons. The lowest BCUT2D eigenvalue weighted by Gasteiger charge is -2.33. The summed E-state index contributed by atoms with van der Waals surface area (Å²) in [6.07, 6.45) is 5.24. The van der Waals surface area contributed by atoms with Gasteiger partial charge >= 0.3 is 0 Å². The van der Waals surface area contributed by atoms with Gasteiger partial charge in [-0.1, -0.05) is 38.5 Å². The number of nitro benzene ring substituents is 1. The second-order valence-corrected chi connectivity index (χ2v) is 12.0. The molecule has 1 amide bonds. The van der Waals surface area contributed by atoms with Crippen molar-refractivity contribution in [2.24, 2.45) is 5.92 Å². The largest absolute Gasteiger partial charge is 0.497 e. The van der Waals surface area contributed by atoms with Crippen molar-refractivity contribution in [3.8, 4) is 5.75 Å². The molecule has 0 bridgehead atoms. The van der Waals surface area contributed by atoms with Crippen molar-refractivity contribution in [1.82, 2.24) is 19.8 Å². The topological polar surface area (TPSA) is 115 Å². The molecule has 2 atom stereocenters. The number of benzene rings is 2. The smallest absolute Gasteiger partial charge is 0.269 e. The summed E-state index contributed by atoms with van der Waals surface area (Å²) in [6, 6.07) is 18.0. The summed E-state index contributed by atoms with van der Waals surface area (Å²) in [5, 5.41) is 20.3. The second-order valence-electron chi connectivity index (χ2n) is 10.6. The molecule has 10 nitrogen and oxygen atoms in total. The predicted octanol–water partition coefficient (Wildman–Crippen LogP) is 5.92. The number of non-ortho nitro benzene ring substituents is 1. The van der Waals surface area contributed by atoms with Crippen LogP contribution in [0.2, 0.25) is 0 Å². The number of thiophene rings is 1. The van der Waals surface area contributed by atoms with E-state index in [1.54, 1.807) is 43.1 Å². The number of imidazole rings is 1. The van der Waals surface area contributed by atoms with Gasteiger partial charge in [0.1, 0.15) is 5.75 Å². The van der Waals surface area contributed by atoms with Crippen LogP contribution in [-0.4, -0.2) is 56.6 Å². The third-order valence-corrected chi connectivity index (χ3v) is 8.87. The quantitative estimate of drug-likeness (QED) is 0.0941. The van der Waals surface area contributed by atoms with Gasteiger partial charge in [-0.2, -0.15) is 0 Å². The highest BCUT2D eigenvalue weighted by molar-refractivity contribution is 7.80. The molecule has 2 aromatic carbocycles. The molecular weight excluding hydrogens is 597 g/mol. The first-order valence-electron chi connectivity index (χ1n) is 14.5. The zero-order chi connectivity index (χ0) is 31.5. The van der Waals surface area contributed by atoms with Gasteiger partial charge in [0.05, 0.1) is 24.8 Å². The minimum absolute atomic E-state index is 0.0400. The number of methoxy groups -OCH3 is 1. The fourth-order valence-electron chi connectivity index (χ4n) is 4.72. The Morgan fingerprint density at radius 2 is 1.93 bits per heavy atom. The number of anilines is 1. The Bertz CT molecular complexity index is 1510. The van der Waals surface area contributed by atoms with E-state index in [0.717, 1.165) is 35.5 Å². The number of thiocarbonyl (C=S) groups is 1. The number of amides is 1. The lowest BCUT2D eigenvalue weighted by atomic mass is 9.98. The molecule has 0 aliphatic rings. The van der Waals surface area contributed by atoms with E-state index >= 15 is 0 Å². The maximum Gasteiger partial charge on any atom is 0.269 e. The van der Waals surface area contributed by atoms with Crippen LogP contribution in [0.4, 0.5) is 11.4 Å². The van der Waals surface area contributed by atoms with Crippen LogP contribution in [0.3, 0.4) is 0 Å². The fourth-order valence-corrected chi connectivity index (χ4v) is 5.70. The molecule has 0 spiro atoms. The van der Waals surface area contributed by atoms with Crippen LogP contribution >= 0.6 is 23.6 Å². The van der Waals surface area contributed by atoms with Gasteiger partial charge in [-0.25, -0.2) is 4.98 Å². The molecule has 0 aliphatic heterocycles. The van der Waals surface area contributed by atoms with Crippen LogP contribution in [0.1, 0.15) is 36.4 Å². The number of ether oxygens (including phenoxy) is 1. The third kappa shape index (κ3) is 9.35. The number of aromatic nitrogens is 2. The van der Waals surface area contributed by atoms with Crippen LogP contribution in [0.5, 0.6) is 5.75 Å². The standard InChI is InChI=1S/C32H38N6O4S2/c1-4-23(2)30(35-31(39)18-27-19-33-22-37(27)20-24-7-11-26(12-8-24)38(40)41)21-36(16-15-29-6-5-17-44-29)32(43)34-25-9-13-28(42-3)14-10-25/h5-14,17,19,22-23,30H,4,15-16,18,20-21H2,1-3H3,(H,34,43)(H,35,39)/t23-,30+/m0/s1. The molecule has 2 aromatic heterocycles. The molecule has 44 heavy (non-hydrogen) atoms. The molecule has 232 valence electrons. The number of nitrogens with one attached hydrogen (secondary N) is 2. The maximum absolute atomic E-state index is 13.4. The summed E-state index contributed by atoms with van der Waals surface area (Å²) in [4.78, 5) is 31.6. The summed E-state index contributed by atoms with van der Waals surface area (Å²) in [5.41, 5.74) is 2.54. The van der Waals surface area contributed by atoms with Gasteiger partial charge < -0.3 is 24.8 Å². The molecule has 0 unspecified atom stereocenters. The van der Waals surface area contributed by atoms with E-state index in [4.69, 9.17) is 17.0 Å². The lowest BCUT2D eigenvalue weighted by molar-refractivity contribution is -0.384. The Kier molecular flexibility index (Phi) is 11.8. The molecule has 0 saturated carbocycles. The van der Waals surface area contributed by atoms with E-state index in [-0.39, 0.29) is 30.0 Å². The number of nitrogens with zero attached hydrogens (tertiary/aromatic N) is 4. The Morgan fingerprint density at radius 3 is 2.57 bits per heavy atom. The monoisotopic (exact) mass is 634 g/mol. The van der Waals surface area contributed by atoms with E-state index in [9.17, 15) is 14.9 Å². The predicted molar refractivity (Wildman–Crippen MR) is 178 cm³/mol. The summed E-state index contributed by atoms with van der Waals surface area (Å²) in [7, 11) is 1.63. The average molecular weight is 635 g/mol. The minimum atomic E-state index is -0.421. The molecule has 0 fully saturated rings. The van der Waals surface area contributed by atoms with Crippen LogP contribution in [0.15, 0.2) is 78.6 Å². The van der Waals surface area contributed by atoms with Gasteiger partial charge in [-0.15, -0.1) is 11.3 Å². The first kappa shape index (κ1) is 32.6. The third-order valence-electron chi connectivity index (χ3n) is 7.57. The Morgan fingerprint density at radius 1 is 1.18 bits per heavy atom. The summed E-state index contributed by atoms with van der Waals surface area (Å²) >= 11 is 7.61. The highest BCUT2D eigenvalue weighted by Crippen LogP contribution is 2.18. The molecular formula is C32H38N6O4S2. The van der Waals surface area contributed by atoms with Crippen LogP contribution in [0, 0.1) is 16.0 Å². The first-order chi connectivity index (χ1) is 21.2. The van der Waals surface area contributed by atoms with E-state index in [2.05, 4.69) is 45.8 Å². The van der Waals surface area contributed by atoms with Crippen molar-refractivity contribution in [2.45, 2.75) is 45.7 Å². The van der Waals surface area contributed by atoms with Crippen molar-refractivity contribution in [3.63, 3.8) is 0 Å². The van der Waals surface area contributed by atoms with Gasteiger partial charge in [0.25, 0.3) is 5.69 Å². The zero-order valence-corrected chi connectivity index (χ0v) is 26.8. The van der Waals surface area contributed by atoms with Crippen LogP contribution < -0.4 is 15.4 Å².